The monoisotopic (exact) mass is 708 g/mol. The van der Waals surface area contributed by atoms with Gasteiger partial charge in [0.2, 0.25) is 26.7 Å². The topological polar surface area (TPSA) is 212 Å². The Hall–Kier alpha value is 2.10. The molecule has 0 aromatic heterocycles. The summed E-state index contributed by atoms with van der Waals surface area (Å²) in [4.78, 5) is 11.5. The van der Waals surface area contributed by atoms with Crippen molar-refractivity contribution >= 4 is 26.7 Å². The Morgan fingerprint density at radius 1 is 0.907 bits per heavy atom. The Morgan fingerprint density at radius 2 is 1.37 bits per heavy atom. The van der Waals surface area contributed by atoms with Gasteiger partial charge >= 0.3 is 103 Å². The second-order valence-electron chi connectivity index (χ2n) is 9.88. The quantitative estimate of drug-likeness (QED) is 0.0278. The second kappa shape index (κ2) is 30.2. The number of nitrogens with one attached hydrogen (secondary N) is 1. The number of rotatable bonds is 21. The van der Waals surface area contributed by atoms with Crippen LogP contribution in [0.4, 0.5) is 0 Å². The largest absolute Gasteiger partial charge is 1.00 e. The predicted molar refractivity (Wildman–Crippen MR) is 150 cm³/mol. The molecule has 0 spiro atoms. The fourth-order valence-corrected chi connectivity index (χ4v) is 4.40. The Balaban J connectivity index is -0.00000210. The molecule has 0 bridgehead atoms. The smallest absolute Gasteiger partial charge is 0.726 e. The number of carbonyl (C=O) groups excluding carboxylic acids is 1. The molecule has 1 amide bonds. The van der Waals surface area contributed by atoms with E-state index in [1.165, 1.54) is 77.6 Å². The fraction of sp³-hybridized carbons (Fsp3) is 0.846. The van der Waals surface area contributed by atoms with E-state index in [0.29, 0.717) is 6.61 Å². The van der Waals surface area contributed by atoms with Crippen molar-refractivity contribution in [2.24, 2.45) is 0 Å². The fourth-order valence-electron chi connectivity index (χ4n) is 4.10. The van der Waals surface area contributed by atoms with Crippen LogP contribution in [0.25, 0.3) is 0 Å². The van der Waals surface area contributed by atoms with Crippen molar-refractivity contribution in [3.63, 3.8) is 0 Å². The van der Waals surface area contributed by atoms with Crippen LogP contribution >= 0.6 is 0 Å². The number of allylic oxidation sites excluding steroid dienone is 2. The summed E-state index contributed by atoms with van der Waals surface area (Å²) in [6.45, 7) is 3.33. The summed E-state index contributed by atoms with van der Waals surface area (Å²) in [5.41, 5.74) is 0. The minimum absolute atomic E-state index is 0. The van der Waals surface area contributed by atoms with Gasteiger partial charge in [-0.25, -0.2) is 16.8 Å². The van der Waals surface area contributed by atoms with Gasteiger partial charge in [0.1, 0.15) is 0 Å². The number of hydrogen-bond acceptors (Lipinski definition) is 11. The van der Waals surface area contributed by atoms with E-state index in [1.54, 1.807) is 0 Å². The van der Waals surface area contributed by atoms with Gasteiger partial charge in [0, 0.05) is 13.5 Å². The zero-order chi connectivity index (χ0) is 31.2. The summed E-state index contributed by atoms with van der Waals surface area (Å²) in [5, 5.41) is 12.7. The molecule has 1 heterocycles. The first-order chi connectivity index (χ1) is 19.2. The molecule has 4 atom stereocenters. The summed E-state index contributed by atoms with van der Waals surface area (Å²) >= 11 is 0. The third-order valence-electron chi connectivity index (χ3n) is 6.07. The van der Waals surface area contributed by atoms with Crippen molar-refractivity contribution in [1.29, 1.82) is 0 Å². The molecule has 1 saturated heterocycles. The van der Waals surface area contributed by atoms with E-state index >= 15 is 0 Å². The molecule has 1 rings (SSSR count). The van der Waals surface area contributed by atoms with Crippen LogP contribution in [0.2, 0.25) is 0 Å². The zero-order valence-electron chi connectivity index (χ0n) is 26.1. The summed E-state index contributed by atoms with van der Waals surface area (Å²) in [5.74, 6) is -0.324. The van der Waals surface area contributed by atoms with E-state index in [9.17, 15) is 22.9 Å². The molecule has 0 unspecified atom stereocenters. The number of ether oxygens (including phenoxy) is 2. The number of carbonyl (C=O) groups is 1. The van der Waals surface area contributed by atoms with E-state index in [1.807, 2.05) is 0 Å². The van der Waals surface area contributed by atoms with Gasteiger partial charge in [0.25, 0.3) is 0 Å². The molecule has 1 aliphatic rings. The molecule has 0 saturated carbocycles. The maximum absolute atomic E-state index is 11.5. The van der Waals surface area contributed by atoms with Crippen LogP contribution in [0.3, 0.4) is 0 Å². The Kier molecular flexibility index (Phi) is 34.7. The average molecular weight is 709 g/mol. The number of unbranched alkanes of at least 4 members (excludes halogenated alkanes) is 12. The molecule has 0 aromatic rings. The molecule has 43 heavy (non-hydrogen) atoms. The van der Waals surface area contributed by atoms with Gasteiger partial charge in [-0.3, -0.25) is 20.0 Å². The number of amides is 1. The molecule has 13 nitrogen and oxygen atoms in total. The van der Waals surface area contributed by atoms with Gasteiger partial charge in [-0.1, -0.05) is 76.9 Å². The number of aliphatic hydroxyl groups excluding tert-OH is 1. The van der Waals surface area contributed by atoms with Crippen molar-refractivity contribution in [2.75, 3.05) is 13.2 Å². The van der Waals surface area contributed by atoms with Gasteiger partial charge in [0.05, 0.1) is 12.7 Å². The van der Waals surface area contributed by atoms with Crippen molar-refractivity contribution in [1.82, 2.24) is 5.32 Å². The maximum atomic E-state index is 11.5. The molecule has 244 valence electrons. The first-order valence-electron chi connectivity index (χ1n) is 14.2. The molecule has 17 heteroatoms. The molecule has 3 N–H and O–H groups in total. The average Bonchev–Trinajstić information content (AvgIpc) is 2.84. The molecule has 1 fully saturated rings. The van der Waals surface area contributed by atoms with Crippen LogP contribution < -0.4 is 108 Å². The summed E-state index contributed by atoms with van der Waals surface area (Å²) < 4.78 is 80.5. The van der Waals surface area contributed by atoms with Gasteiger partial charge in [-0.15, -0.1) is 0 Å². The predicted octanol–water partition coefficient (Wildman–Crippen LogP) is -2.68. The molecular weight excluding hydrogens is 661 g/mol. The van der Waals surface area contributed by atoms with Crippen LogP contribution in [0, 0.1) is 6.42 Å². The van der Waals surface area contributed by atoms with Gasteiger partial charge in [0.15, 0.2) is 6.29 Å². The van der Waals surface area contributed by atoms with Crippen LogP contribution in [0.1, 0.15) is 104 Å². The third kappa shape index (κ3) is 35.2. The van der Waals surface area contributed by atoms with Crippen molar-refractivity contribution in [3.8, 4) is 0 Å². The standard InChI is InChI=1S/C26H48NO8S.2K.H2O4S/c1-3-4-5-6-7-8-9-10-11-12-13-14-15-16-17-18-19-33-26-23(27-22(2)28)20-24(29)25(35-26)21-34-36(30,31)32;;;1-5(2,3)4/h10-11,20,23-26,29H,3-9,12-19,21H2,1-2H3,(H,27,28)(H,30,31,32);;;(H2,1,2,3,4)/q-1;2*+1;/p-2/b11-10-;;;/t23-,24+,25-,26+;;;/m1.../s1. The van der Waals surface area contributed by atoms with Gasteiger partial charge < -0.3 is 29.0 Å². The minimum Gasteiger partial charge on any atom is -0.726 e. The van der Waals surface area contributed by atoms with E-state index < -0.39 is 51.9 Å². The summed E-state index contributed by atoms with van der Waals surface area (Å²) in [6, 6.07) is -0.702. The normalized spacial score (nSPS) is 20.4. The van der Waals surface area contributed by atoms with Crippen LogP contribution in [-0.2, 0) is 39.2 Å². The third-order valence-corrected chi connectivity index (χ3v) is 6.50. The molecular formula is C26H48K2NO12S2-. The van der Waals surface area contributed by atoms with Crippen molar-refractivity contribution in [3.05, 3.63) is 18.6 Å². The molecule has 0 aliphatic carbocycles. The van der Waals surface area contributed by atoms with Gasteiger partial charge in [-0.2, -0.15) is 0 Å². The Labute approximate surface area is 343 Å². The van der Waals surface area contributed by atoms with Crippen LogP contribution in [0.15, 0.2) is 12.2 Å². The van der Waals surface area contributed by atoms with E-state index in [-0.39, 0.29) is 109 Å². The minimum atomic E-state index is -4.92. The first-order valence-corrected chi connectivity index (χ1v) is 16.9. The number of hydrogen-bond donors (Lipinski definition) is 3. The van der Waals surface area contributed by atoms with E-state index in [4.69, 9.17) is 27.0 Å². The summed E-state index contributed by atoms with van der Waals surface area (Å²) in [6.07, 6.45) is 19.7. The van der Waals surface area contributed by atoms with Crippen molar-refractivity contribution < 1.29 is 157 Å². The molecule has 1 aliphatic heterocycles. The zero-order valence-corrected chi connectivity index (χ0v) is 34.0. The Morgan fingerprint density at radius 3 is 1.84 bits per heavy atom. The van der Waals surface area contributed by atoms with Crippen LogP contribution in [0.5, 0.6) is 0 Å². The SMILES string of the molecule is CCCCCCCC/C=C\CCCCCCCCO[C@H]1O[C@H](COS(=O)(=O)[O-])[C@@H](O)[CH-][C@H]1NC(C)=O.O=S(=O)([O-])O.[K+].[K+]. The molecule has 0 aromatic carbocycles. The van der Waals surface area contributed by atoms with E-state index in [2.05, 4.69) is 28.6 Å². The van der Waals surface area contributed by atoms with Crippen molar-refractivity contribution in [2.45, 2.75) is 128 Å². The Bertz CT molecular complexity index is 915. The van der Waals surface area contributed by atoms with E-state index in [0.717, 1.165) is 25.7 Å². The number of aliphatic hydroxyl groups is 1. The maximum Gasteiger partial charge on any atom is 1.00 e. The second-order valence-corrected chi connectivity index (χ2v) is 11.8. The summed E-state index contributed by atoms with van der Waals surface area (Å²) in [7, 11) is -9.83. The van der Waals surface area contributed by atoms with Crippen LogP contribution in [-0.4, -0.2) is 79.3 Å². The molecule has 0 radical (unpaired) electrons. The first kappa shape index (κ1) is 49.5. The van der Waals surface area contributed by atoms with Gasteiger partial charge in [-0.05, 0) is 44.2 Å².